The zero-order chi connectivity index (χ0) is 23.9. The van der Waals surface area contributed by atoms with E-state index in [-0.39, 0.29) is 30.6 Å². The summed E-state index contributed by atoms with van der Waals surface area (Å²) in [6.07, 6.45) is 4.85. The standard InChI is InChI=1S/C25H28FN5O3/c1-17-16-18(6-11-21(17)26)24-29-23(34-30-24)13-12-22(32)27-19-7-9-20(10-8-19)28-25(33)31-14-4-2-3-5-15-31/h6-11,16H,2-5,12-15H2,1H3,(H,27,32)(H,28,33). The first kappa shape index (κ1) is 23.4. The number of halogens is 1. The van der Waals surface area contributed by atoms with E-state index in [1.54, 1.807) is 43.3 Å². The number of rotatable bonds is 6. The molecule has 1 fully saturated rings. The average molecular weight is 466 g/mol. The maximum atomic E-state index is 13.4. The van der Waals surface area contributed by atoms with Gasteiger partial charge in [0.25, 0.3) is 0 Å². The van der Waals surface area contributed by atoms with Gasteiger partial charge in [0.1, 0.15) is 5.82 Å². The Morgan fingerprint density at radius 1 is 1.00 bits per heavy atom. The zero-order valence-electron chi connectivity index (χ0n) is 19.1. The molecule has 2 heterocycles. The second kappa shape index (κ2) is 10.9. The summed E-state index contributed by atoms with van der Waals surface area (Å²) >= 11 is 0. The number of carbonyl (C=O) groups is 2. The number of nitrogens with zero attached hydrogens (tertiary/aromatic N) is 3. The van der Waals surface area contributed by atoms with Crippen LogP contribution in [0.1, 0.15) is 43.6 Å². The van der Waals surface area contributed by atoms with Gasteiger partial charge in [-0.2, -0.15) is 4.98 Å². The summed E-state index contributed by atoms with van der Waals surface area (Å²) in [5.74, 6) is 0.200. The largest absolute Gasteiger partial charge is 0.339 e. The van der Waals surface area contributed by atoms with E-state index in [9.17, 15) is 14.0 Å². The topological polar surface area (TPSA) is 100 Å². The predicted molar refractivity (Wildman–Crippen MR) is 127 cm³/mol. The van der Waals surface area contributed by atoms with Gasteiger partial charge in [0.05, 0.1) is 0 Å². The molecule has 0 spiro atoms. The molecule has 0 unspecified atom stereocenters. The molecule has 8 nitrogen and oxygen atoms in total. The molecule has 0 atom stereocenters. The minimum Gasteiger partial charge on any atom is -0.339 e. The fourth-order valence-corrected chi connectivity index (χ4v) is 3.81. The van der Waals surface area contributed by atoms with Crippen LogP contribution in [0, 0.1) is 12.7 Å². The third kappa shape index (κ3) is 6.18. The minimum atomic E-state index is -0.294. The number of benzene rings is 2. The molecule has 0 aliphatic carbocycles. The number of amides is 3. The Labute approximate surface area is 197 Å². The van der Waals surface area contributed by atoms with Crippen LogP contribution in [-0.2, 0) is 11.2 Å². The monoisotopic (exact) mass is 465 g/mol. The Hall–Kier alpha value is -3.75. The van der Waals surface area contributed by atoms with E-state index in [1.165, 1.54) is 18.9 Å². The Morgan fingerprint density at radius 3 is 2.35 bits per heavy atom. The number of nitrogens with one attached hydrogen (secondary N) is 2. The van der Waals surface area contributed by atoms with Gasteiger partial charge in [-0.05, 0) is 67.8 Å². The lowest BCUT2D eigenvalue weighted by atomic mass is 10.1. The van der Waals surface area contributed by atoms with Gasteiger partial charge in [0.2, 0.25) is 17.6 Å². The minimum absolute atomic E-state index is 0.0894. The molecular formula is C25H28FN5O3. The van der Waals surface area contributed by atoms with Gasteiger partial charge in [-0.25, -0.2) is 9.18 Å². The fourth-order valence-electron chi connectivity index (χ4n) is 3.81. The van der Waals surface area contributed by atoms with Crippen molar-refractivity contribution in [1.29, 1.82) is 0 Å². The van der Waals surface area contributed by atoms with Crippen LogP contribution in [0.3, 0.4) is 0 Å². The van der Waals surface area contributed by atoms with E-state index >= 15 is 0 Å². The molecule has 1 aromatic heterocycles. The van der Waals surface area contributed by atoms with E-state index in [4.69, 9.17) is 4.52 Å². The van der Waals surface area contributed by atoms with Gasteiger partial charge in [0.15, 0.2) is 0 Å². The van der Waals surface area contributed by atoms with Crippen LogP contribution in [0.5, 0.6) is 0 Å². The van der Waals surface area contributed by atoms with E-state index < -0.39 is 0 Å². The molecule has 0 bridgehead atoms. The molecule has 1 aliphatic rings. The third-order valence-electron chi connectivity index (χ3n) is 5.76. The number of carbonyl (C=O) groups excluding carboxylic acids is 2. The van der Waals surface area contributed by atoms with Crippen LogP contribution in [0.2, 0.25) is 0 Å². The number of anilines is 2. The Morgan fingerprint density at radius 2 is 1.68 bits per heavy atom. The first-order valence-corrected chi connectivity index (χ1v) is 11.5. The van der Waals surface area contributed by atoms with Crippen LogP contribution in [0.4, 0.5) is 20.6 Å². The van der Waals surface area contributed by atoms with Gasteiger partial charge >= 0.3 is 6.03 Å². The molecule has 2 N–H and O–H groups in total. The first-order chi connectivity index (χ1) is 16.5. The first-order valence-electron chi connectivity index (χ1n) is 11.5. The highest BCUT2D eigenvalue weighted by atomic mass is 19.1. The normalized spacial score (nSPS) is 13.9. The summed E-state index contributed by atoms with van der Waals surface area (Å²) in [6, 6.07) is 11.5. The highest BCUT2D eigenvalue weighted by molar-refractivity contribution is 5.92. The molecule has 2 aromatic carbocycles. The zero-order valence-corrected chi connectivity index (χ0v) is 19.1. The highest BCUT2D eigenvalue weighted by Gasteiger charge is 2.16. The lowest BCUT2D eigenvalue weighted by Gasteiger charge is -2.20. The Balaban J connectivity index is 1.25. The number of hydrogen-bond acceptors (Lipinski definition) is 5. The SMILES string of the molecule is Cc1cc(-c2noc(CCC(=O)Nc3ccc(NC(=O)N4CCCCCC4)cc3)n2)ccc1F. The van der Waals surface area contributed by atoms with E-state index in [0.29, 0.717) is 34.2 Å². The van der Waals surface area contributed by atoms with Gasteiger partial charge in [-0.3, -0.25) is 4.79 Å². The molecule has 9 heteroatoms. The quantitative estimate of drug-likeness (QED) is 0.524. The second-order valence-corrected chi connectivity index (χ2v) is 8.43. The number of aromatic nitrogens is 2. The summed E-state index contributed by atoms with van der Waals surface area (Å²) in [7, 11) is 0. The molecule has 0 radical (unpaired) electrons. The van der Waals surface area contributed by atoms with Crippen molar-refractivity contribution in [3.63, 3.8) is 0 Å². The maximum Gasteiger partial charge on any atom is 0.321 e. The number of likely N-dealkylation sites (tertiary alicyclic amines) is 1. The molecule has 3 aromatic rings. The summed E-state index contributed by atoms with van der Waals surface area (Å²) in [5, 5.41) is 9.65. The van der Waals surface area contributed by atoms with Crippen molar-refractivity contribution in [2.45, 2.75) is 45.4 Å². The average Bonchev–Trinajstić information content (AvgIpc) is 3.13. The summed E-state index contributed by atoms with van der Waals surface area (Å²) < 4.78 is 18.7. The van der Waals surface area contributed by atoms with Gasteiger partial charge in [-0.15, -0.1) is 0 Å². The van der Waals surface area contributed by atoms with E-state index in [1.807, 2.05) is 4.90 Å². The van der Waals surface area contributed by atoms with Crippen molar-refractivity contribution < 1.29 is 18.5 Å². The number of hydrogen-bond donors (Lipinski definition) is 2. The summed E-state index contributed by atoms with van der Waals surface area (Å²) in [5.41, 5.74) is 2.46. The molecule has 4 rings (SSSR count). The third-order valence-corrected chi connectivity index (χ3v) is 5.76. The van der Waals surface area contributed by atoms with Crippen molar-refractivity contribution in [2.24, 2.45) is 0 Å². The maximum absolute atomic E-state index is 13.4. The molecule has 34 heavy (non-hydrogen) atoms. The number of urea groups is 1. The van der Waals surface area contributed by atoms with Crippen molar-refractivity contribution in [3.8, 4) is 11.4 Å². The molecule has 0 saturated carbocycles. The van der Waals surface area contributed by atoms with E-state index in [2.05, 4.69) is 20.8 Å². The fraction of sp³-hybridized carbons (Fsp3) is 0.360. The van der Waals surface area contributed by atoms with Crippen LogP contribution >= 0.6 is 0 Å². The van der Waals surface area contributed by atoms with Crippen molar-refractivity contribution in [2.75, 3.05) is 23.7 Å². The van der Waals surface area contributed by atoms with Crippen LogP contribution in [0.15, 0.2) is 47.0 Å². The van der Waals surface area contributed by atoms with Gasteiger partial charge in [-0.1, -0.05) is 18.0 Å². The Bertz CT molecular complexity index is 1140. The molecule has 3 amide bonds. The lowest BCUT2D eigenvalue weighted by Crippen LogP contribution is -2.35. The Kier molecular flexibility index (Phi) is 7.51. The summed E-state index contributed by atoms with van der Waals surface area (Å²) in [6.45, 7) is 3.23. The molecule has 1 saturated heterocycles. The van der Waals surface area contributed by atoms with Crippen LogP contribution in [0.25, 0.3) is 11.4 Å². The molecule has 1 aliphatic heterocycles. The molecule has 178 valence electrons. The van der Waals surface area contributed by atoms with Crippen molar-refractivity contribution in [3.05, 3.63) is 59.7 Å². The smallest absolute Gasteiger partial charge is 0.321 e. The second-order valence-electron chi connectivity index (χ2n) is 8.43. The lowest BCUT2D eigenvalue weighted by molar-refractivity contribution is -0.116. The molecular weight excluding hydrogens is 437 g/mol. The van der Waals surface area contributed by atoms with Crippen LogP contribution in [-0.4, -0.2) is 40.1 Å². The van der Waals surface area contributed by atoms with Gasteiger partial charge in [0, 0.05) is 42.9 Å². The van der Waals surface area contributed by atoms with Crippen molar-refractivity contribution >= 4 is 23.3 Å². The number of aryl methyl sites for hydroxylation is 2. The van der Waals surface area contributed by atoms with Gasteiger partial charge < -0.3 is 20.1 Å². The van der Waals surface area contributed by atoms with E-state index in [0.717, 1.165) is 25.9 Å². The van der Waals surface area contributed by atoms with Crippen molar-refractivity contribution in [1.82, 2.24) is 15.0 Å². The van der Waals surface area contributed by atoms with Crippen LogP contribution < -0.4 is 10.6 Å². The predicted octanol–water partition coefficient (Wildman–Crippen LogP) is 5.16. The summed E-state index contributed by atoms with van der Waals surface area (Å²) in [4.78, 5) is 30.9. The highest BCUT2D eigenvalue weighted by Crippen LogP contribution is 2.20.